The van der Waals surface area contributed by atoms with Gasteiger partial charge < -0.3 is 5.32 Å². The molecule has 1 amide bonds. The quantitative estimate of drug-likeness (QED) is 0.728. The standard InChI is InChI=1S/C17H29NO2/c1-4-13-10-14(8-11(13)3)15(9-12-6-7-12)16(19)17(20)18-5-2/h11-15H,4-10H2,1-3H3,(H,18,20). The molecule has 2 fully saturated rings. The van der Waals surface area contributed by atoms with Gasteiger partial charge in [0.1, 0.15) is 0 Å². The van der Waals surface area contributed by atoms with Crippen molar-refractivity contribution in [2.24, 2.45) is 29.6 Å². The lowest BCUT2D eigenvalue weighted by molar-refractivity contribution is -0.141. The minimum atomic E-state index is -0.356. The minimum absolute atomic E-state index is 0.0203. The molecule has 0 spiro atoms. The van der Waals surface area contributed by atoms with Gasteiger partial charge in [-0.1, -0.05) is 33.1 Å². The van der Waals surface area contributed by atoms with E-state index in [2.05, 4.69) is 19.2 Å². The molecule has 0 aliphatic heterocycles. The Kier molecular flexibility index (Phi) is 5.22. The molecule has 2 saturated carbocycles. The normalized spacial score (nSPS) is 31.1. The number of rotatable bonds is 7. The Labute approximate surface area is 122 Å². The summed E-state index contributed by atoms with van der Waals surface area (Å²) < 4.78 is 0. The van der Waals surface area contributed by atoms with Crippen LogP contribution in [0.25, 0.3) is 0 Å². The number of ketones is 1. The maximum absolute atomic E-state index is 12.5. The molecule has 2 aliphatic carbocycles. The van der Waals surface area contributed by atoms with E-state index < -0.39 is 0 Å². The summed E-state index contributed by atoms with van der Waals surface area (Å²) in [4.78, 5) is 24.4. The highest BCUT2D eigenvalue weighted by molar-refractivity contribution is 6.37. The maximum Gasteiger partial charge on any atom is 0.287 e. The molecule has 3 nitrogen and oxygen atoms in total. The van der Waals surface area contributed by atoms with Crippen LogP contribution >= 0.6 is 0 Å². The van der Waals surface area contributed by atoms with Crippen LogP contribution in [0.1, 0.15) is 59.3 Å². The number of carbonyl (C=O) groups excluding carboxylic acids is 2. The summed E-state index contributed by atoms with van der Waals surface area (Å²) in [5.74, 6) is 2.06. The van der Waals surface area contributed by atoms with Crippen LogP contribution in [-0.2, 0) is 9.59 Å². The number of amides is 1. The van der Waals surface area contributed by atoms with Crippen LogP contribution in [0.2, 0.25) is 0 Å². The smallest absolute Gasteiger partial charge is 0.287 e. The third-order valence-corrected chi connectivity index (χ3v) is 5.36. The van der Waals surface area contributed by atoms with Crippen molar-refractivity contribution in [1.82, 2.24) is 5.32 Å². The number of hydrogen-bond donors (Lipinski definition) is 1. The van der Waals surface area contributed by atoms with Crippen molar-refractivity contribution in [1.29, 1.82) is 0 Å². The van der Waals surface area contributed by atoms with Crippen molar-refractivity contribution in [3.05, 3.63) is 0 Å². The van der Waals surface area contributed by atoms with E-state index in [-0.39, 0.29) is 17.6 Å². The van der Waals surface area contributed by atoms with Gasteiger partial charge in [0.25, 0.3) is 5.91 Å². The Bertz CT molecular complexity index is 362. The van der Waals surface area contributed by atoms with Crippen molar-refractivity contribution < 1.29 is 9.59 Å². The summed E-state index contributed by atoms with van der Waals surface area (Å²) in [7, 11) is 0. The van der Waals surface area contributed by atoms with E-state index in [9.17, 15) is 9.59 Å². The molecule has 0 aromatic rings. The molecule has 2 aliphatic rings. The summed E-state index contributed by atoms with van der Waals surface area (Å²) in [6.45, 7) is 6.95. The van der Waals surface area contributed by atoms with E-state index >= 15 is 0 Å². The predicted molar refractivity (Wildman–Crippen MR) is 80.2 cm³/mol. The van der Waals surface area contributed by atoms with Gasteiger partial charge in [-0.15, -0.1) is 0 Å². The van der Waals surface area contributed by atoms with E-state index in [0.29, 0.717) is 24.3 Å². The van der Waals surface area contributed by atoms with Crippen molar-refractivity contribution in [3.63, 3.8) is 0 Å². The Balaban J connectivity index is 2.03. The maximum atomic E-state index is 12.5. The number of Topliss-reactive ketones (excluding diaryl/α,β-unsaturated/α-hetero) is 1. The first kappa shape index (κ1) is 15.5. The first-order valence-electron chi connectivity index (χ1n) is 8.38. The Hall–Kier alpha value is -0.860. The van der Waals surface area contributed by atoms with E-state index in [1.54, 1.807) is 0 Å². The molecular weight excluding hydrogens is 250 g/mol. The molecule has 0 saturated heterocycles. The van der Waals surface area contributed by atoms with Crippen LogP contribution in [0.4, 0.5) is 0 Å². The second-order valence-corrected chi connectivity index (χ2v) is 6.89. The van der Waals surface area contributed by atoms with Gasteiger partial charge in [-0.25, -0.2) is 0 Å². The predicted octanol–water partition coefficient (Wildman–Crippen LogP) is 3.18. The molecule has 2 rings (SSSR count). The van der Waals surface area contributed by atoms with Crippen LogP contribution in [-0.4, -0.2) is 18.2 Å². The van der Waals surface area contributed by atoms with Crippen molar-refractivity contribution in [3.8, 4) is 0 Å². The monoisotopic (exact) mass is 279 g/mol. The second kappa shape index (κ2) is 6.73. The second-order valence-electron chi connectivity index (χ2n) is 6.89. The van der Waals surface area contributed by atoms with Crippen LogP contribution in [0.3, 0.4) is 0 Å². The summed E-state index contributed by atoms with van der Waals surface area (Å²) in [5.41, 5.74) is 0. The van der Waals surface area contributed by atoms with Crippen LogP contribution in [0.5, 0.6) is 0 Å². The molecule has 4 atom stereocenters. The fourth-order valence-electron chi connectivity index (χ4n) is 3.93. The van der Waals surface area contributed by atoms with E-state index in [1.165, 1.54) is 19.3 Å². The highest BCUT2D eigenvalue weighted by atomic mass is 16.2. The SMILES string of the molecule is CCNC(=O)C(=O)C(CC1CC1)C1CC(C)C(CC)C1. The first-order valence-corrected chi connectivity index (χ1v) is 8.38. The van der Waals surface area contributed by atoms with Crippen molar-refractivity contribution in [2.75, 3.05) is 6.54 Å². The molecule has 0 radical (unpaired) electrons. The summed E-state index contributed by atoms with van der Waals surface area (Å²) in [6, 6.07) is 0. The molecule has 1 N–H and O–H groups in total. The molecule has 20 heavy (non-hydrogen) atoms. The third kappa shape index (κ3) is 3.62. The van der Waals surface area contributed by atoms with Gasteiger partial charge in [0.05, 0.1) is 0 Å². The van der Waals surface area contributed by atoms with E-state index in [0.717, 1.165) is 25.2 Å². The molecule has 4 unspecified atom stereocenters. The zero-order valence-electron chi connectivity index (χ0n) is 13.2. The van der Waals surface area contributed by atoms with Crippen LogP contribution < -0.4 is 5.32 Å². The Morgan fingerprint density at radius 2 is 1.90 bits per heavy atom. The fraction of sp³-hybridized carbons (Fsp3) is 0.882. The van der Waals surface area contributed by atoms with Crippen LogP contribution in [0.15, 0.2) is 0 Å². The first-order chi connectivity index (χ1) is 9.56. The van der Waals surface area contributed by atoms with Gasteiger partial charge in [0.2, 0.25) is 5.78 Å². The molecule has 0 aromatic carbocycles. The van der Waals surface area contributed by atoms with Gasteiger partial charge in [-0.3, -0.25) is 9.59 Å². The number of nitrogens with one attached hydrogen (secondary N) is 1. The minimum Gasteiger partial charge on any atom is -0.350 e. The fourth-order valence-corrected chi connectivity index (χ4v) is 3.93. The average molecular weight is 279 g/mol. The molecular formula is C17H29NO2. The largest absolute Gasteiger partial charge is 0.350 e. The Morgan fingerprint density at radius 1 is 1.20 bits per heavy atom. The molecule has 3 heteroatoms. The molecule has 114 valence electrons. The summed E-state index contributed by atoms with van der Waals surface area (Å²) in [5, 5.41) is 2.69. The highest BCUT2D eigenvalue weighted by Gasteiger charge is 2.41. The lowest BCUT2D eigenvalue weighted by atomic mass is 9.82. The number of carbonyl (C=O) groups is 2. The summed E-state index contributed by atoms with van der Waals surface area (Å²) >= 11 is 0. The summed E-state index contributed by atoms with van der Waals surface area (Å²) in [6.07, 6.45) is 6.91. The van der Waals surface area contributed by atoms with Gasteiger partial charge >= 0.3 is 0 Å². The molecule has 0 bridgehead atoms. The van der Waals surface area contributed by atoms with Gasteiger partial charge in [0, 0.05) is 12.5 Å². The lowest BCUT2D eigenvalue weighted by Gasteiger charge is -2.22. The van der Waals surface area contributed by atoms with Gasteiger partial charge in [-0.05, 0) is 49.9 Å². The molecule has 0 heterocycles. The third-order valence-electron chi connectivity index (χ3n) is 5.36. The Morgan fingerprint density at radius 3 is 2.40 bits per heavy atom. The van der Waals surface area contributed by atoms with Crippen molar-refractivity contribution in [2.45, 2.75) is 59.3 Å². The topological polar surface area (TPSA) is 46.2 Å². The number of hydrogen-bond acceptors (Lipinski definition) is 2. The van der Waals surface area contributed by atoms with Crippen molar-refractivity contribution >= 4 is 11.7 Å². The number of likely N-dealkylation sites (N-methyl/N-ethyl adjacent to an activating group) is 1. The van der Waals surface area contributed by atoms with Gasteiger partial charge in [-0.2, -0.15) is 0 Å². The van der Waals surface area contributed by atoms with E-state index in [1.807, 2.05) is 6.92 Å². The van der Waals surface area contributed by atoms with E-state index in [4.69, 9.17) is 0 Å². The average Bonchev–Trinajstić information content (AvgIpc) is 3.17. The zero-order valence-corrected chi connectivity index (χ0v) is 13.2. The van der Waals surface area contributed by atoms with Gasteiger partial charge in [0.15, 0.2) is 0 Å². The van der Waals surface area contributed by atoms with Crippen LogP contribution in [0, 0.1) is 29.6 Å². The highest BCUT2D eigenvalue weighted by Crippen LogP contribution is 2.46. The zero-order chi connectivity index (χ0) is 14.7. The molecule has 0 aromatic heterocycles. The lowest BCUT2D eigenvalue weighted by Crippen LogP contribution is -2.38.